The van der Waals surface area contributed by atoms with E-state index in [0.717, 1.165) is 5.56 Å². The normalized spacial score (nSPS) is 10.7. The lowest BCUT2D eigenvalue weighted by atomic mass is 10.2. The van der Waals surface area contributed by atoms with Gasteiger partial charge in [-0.2, -0.15) is 0 Å². The summed E-state index contributed by atoms with van der Waals surface area (Å²) in [5, 5.41) is 5.12. The molecule has 1 N–H and O–H groups in total. The highest BCUT2D eigenvalue weighted by Crippen LogP contribution is 2.10. The van der Waals surface area contributed by atoms with Crippen LogP contribution in [0.5, 0.6) is 0 Å². The number of anilines is 1. The third-order valence-corrected chi connectivity index (χ3v) is 3.15. The Balaban J connectivity index is 1.82. The van der Waals surface area contributed by atoms with Crippen LogP contribution in [0.4, 0.5) is 9.52 Å². The molecule has 0 fully saturated rings. The number of likely N-dealkylation sites (N-methyl/N-ethyl adjacent to an activating group) is 1. The Morgan fingerprint density at radius 2 is 2.16 bits per heavy atom. The van der Waals surface area contributed by atoms with Gasteiger partial charge in [-0.25, -0.2) is 9.37 Å². The Morgan fingerprint density at radius 3 is 2.79 bits per heavy atom. The van der Waals surface area contributed by atoms with Crippen LogP contribution in [0.3, 0.4) is 0 Å². The van der Waals surface area contributed by atoms with Gasteiger partial charge in [0.25, 0.3) is 0 Å². The standard InChI is InChI=1S/C13H14FN3OS/c1-17(8-10-2-4-11(14)5-3-10)9-12(18)16-13-15-6-7-19-13/h2-7H,8-9H2,1H3,(H,15,16,18). The highest BCUT2D eigenvalue weighted by Gasteiger charge is 2.08. The summed E-state index contributed by atoms with van der Waals surface area (Å²) in [6, 6.07) is 6.26. The zero-order valence-electron chi connectivity index (χ0n) is 10.5. The van der Waals surface area contributed by atoms with Crippen LogP contribution in [-0.2, 0) is 11.3 Å². The zero-order valence-corrected chi connectivity index (χ0v) is 11.3. The Hall–Kier alpha value is -1.79. The van der Waals surface area contributed by atoms with Crippen molar-refractivity contribution < 1.29 is 9.18 Å². The number of carbonyl (C=O) groups is 1. The number of hydrogen-bond acceptors (Lipinski definition) is 4. The summed E-state index contributed by atoms with van der Waals surface area (Å²) in [6.45, 7) is 0.850. The lowest BCUT2D eigenvalue weighted by Crippen LogP contribution is -2.29. The molecule has 2 aromatic rings. The van der Waals surface area contributed by atoms with Crippen LogP contribution in [0.25, 0.3) is 0 Å². The monoisotopic (exact) mass is 279 g/mol. The number of nitrogens with zero attached hydrogens (tertiary/aromatic N) is 2. The molecule has 0 radical (unpaired) electrons. The maximum absolute atomic E-state index is 12.8. The molecule has 0 aliphatic carbocycles. The fraction of sp³-hybridized carbons (Fsp3) is 0.231. The molecular formula is C13H14FN3OS. The molecular weight excluding hydrogens is 265 g/mol. The number of rotatable bonds is 5. The van der Waals surface area contributed by atoms with E-state index in [-0.39, 0.29) is 18.3 Å². The van der Waals surface area contributed by atoms with E-state index >= 15 is 0 Å². The molecule has 0 unspecified atom stereocenters. The van der Waals surface area contributed by atoms with Gasteiger partial charge < -0.3 is 5.32 Å². The minimum absolute atomic E-state index is 0.112. The van der Waals surface area contributed by atoms with E-state index < -0.39 is 0 Å². The van der Waals surface area contributed by atoms with Gasteiger partial charge in [0.15, 0.2) is 5.13 Å². The van der Waals surface area contributed by atoms with E-state index in [1.807, 2.05) is 11.9 Å². The molecule has 0 saturated heterocycles. The highest BCUT2D eigenvalue weighted by atomic mass is 32.1. The summed E-state index contributed by atoms with van der Waals surface area (Å²) in [5.74, 6) is -0.368. The second kappa shape index (κ2) is 6.40. The molecule has 0 aliphatic heterocycles. The van der Waals surface area contributed by atoms with Gasteiger partial charge in [0, 0.05) is 18.1 Å². The number of aromatic nitrogens is 1. The molecule has 0 saturated carbocycles. The van der Waals surface area contributed by atoms with Gasteiger partial charge in [0.1, 0.15) is 5.82 Å². The summed E-state index contributed by atoms with van der Waals surface area (Å²) in [6.07, 6.45) is 1.64. The molecule has 0 bridgehead atoms. The van der Waals surface area contributed by atoms with Gasteiger partial charge in [-0.3, -0.25) is 9.69 Å². The first-order valence-corrected chi connectivity index (χ1v) is 6.64. The molecule has 1 aromatic heterocycles. The molecule has 2 rings (SSSR count). The molecule has 1 aromatic carbocycles. The Bertz CT molecular complexity index is 527. The summed E-state index contributed by atoms with van der Waals surface area (Å²) in [5.41, 5.74) is 0.964. The van der Waals surface area contributed by atoms with Crippen LogP contribution in [0.2, 0.25) is 0 Å². The topological polar surface area (TPSA) is 45.2 Å². The Labute approximate surface area is 114 Å². The number of hydrogen-bond donors (Lipinski definition) is 1. The number of carbonyl (C=O) groups excluding carboxylic acids is 1. The highest BCUT2D eigenvalue weighted by molar-refractivity contribution is 7.13. The Kier molecular flexibility index (Phi) is 4.59. The minimum Gasteiger partial charge on any atom is -0.301 e. The van der Waals surface area contributed by atoms with Crippen molar-refractivity contribution in [3.63, 3.8) is 0 Å². The smallest absolute Gasteiger partial charge is 0.240 e. The number of amides is 1. The van der Waals surface area contributed by atoms with Crippen molar-refractivity contribution in [1.82, 2.24) is 9.88 Å². The van der Waals surface area contributed by atoms with Crippen LogP contribution < -0.4 is 5.32 Å². The maximum Gasteiger partial charge on any atom is 0.240 e. The molecule has 6 heteroatoms. The van der Waals surface area contributed by atoms with Gasteiger partial charge in [0.05, 0.1) is 6.54 Å². The summed E-state index contributed by atoms with van der Waals surface area (Å²) >= 11 is 1.38. The fourth-order valence-corrected chi connectivity index (χ4v) is 2.19. The largest absolute Gasteiger partial charge is 0.301 e. The van der Waals surface area contributed by atoms with Crippen molar-refractivity contribution in [3.05, 3.63) is 47.2 Å². The third kappa shape index (κ3) is 4.42. The van der Waals surface area contributed by atoms with Crippen molar-refractivity contribution in [2.24, 2.45) is 0 Å². The van der Waals surface area contributed by atoms with E-state index in [4.69, 9.17) is 0 Å². The fourth-order valence-electron chi connectivity index (χ4n) is 1.65. The molecule has 0 aliphatic rings. The average Bonchev–Trinajstić information content (AvgIpc) is 2.84. The maximum atomic E-state index is 12.8. The zero-order chi connectivity index (χ0) is 13.7. The number of halogens is 1. The van der Waals surface area contributed by atoms with E-state index in [0.29, 0.717) is 11.7 Å². The van der Waals surface area contributed by atoms with Crippen LogP contribution >= 0.6 is 11.3 Å². The predicted octanol–water partition coefficient (Wildman–Crippen LogP) is 2.35. The van der Waals surface area contributed by atoms with Crippen LogP contribution in [0.15, 0.2) is 35.8 Å². The SMILES string of the molecule is CN(CC(=O)Nc1nccs1)Cc1ccc(F)cc1. The van der Waals surface area contributed by atoms with Crippen molar-refractivity contribution in [1.29, 1.82) is 0 Å². The number of nitrogens with one attached hydrogen (secondary N) is 1. The first kappa shape index (κ1) is 13.6. The quantitative estimate of drug-likeness (QED) is 0.914. The Morgan fingerprint density at radius 1 is 1.42 bits per heavy atom. The predicted molar refractivity (Wildman–Crippen MR) is 73.5 cm³/mol. The molecule has 1 amide bonds. The lowest BCUT2D eigenvalue weighted by molar-refractivity contribution is -0.117. The molecule has 1 heterocycles. The molecule has 4 nitrogen and oxygen atoms in total. The first-order valence-electron chi connectivity index (χ1n) is 5.76. The first-order chi connectivity index (χ1) is 9.13. The van der Waals surface area contributed by atoms with Crippen LogP contribution in [0.1, 0.15) is 5.56 Å². The van der Waals surface area contributed by atoms with Crippen LogP contribution in [0, 0.1) is 5.82 Å². The second-order valence-corrected chi connectivity index (χ2v) is 5.08. The third-order valence-electron chi connectivity index (χ3n) is 2.46. The van der Waals surface area contributed by atoms with E-state index in [2.05, 4.69) is 10.3 Å². The summed E-state index contributed by atoms with van der Waals surface area (Å²) in [4.78, 5) is 17.6. The average molecular weight is 279 g/mol. The van der Waals surface area contributed by atoms with Gasteiger partial charge in [-0.1, -0.05) is 12.1 Å². The number of benzene rings is 1. The number of thiazole rings is 1. The van der Waals surface area contributed by atoms with E-state index in [9.17, 15) is 9.18 Å². The van der Waals surface area contributed by atoms with Gasteiger partial charge in [-0.05, 0) is 24.7 Å². The van der Waals surface area contributed by atoms with Gasteiger partial charge in [-0.15, -0.1) is 11.3 Å². The summed E-state index contributed by atoms with van der Waals surface area (Å²) < 4.78 is 12.8. The van der Waals surface area contributed by atoms with E-state index in [1.54, 1.807) is 23.7 Å². The second-order valence-electron chi connectivity index (χ2n) is 4.18. The summed E-state index contributed by atoms with van der Waals surface area (Å²) in [7, 11) is 1.84. The van der Waals surface area contributed by atoms with Gasteiger partial charge >= 0.3 is 0 Å². The van der Waals surface area contributed by atoms with Crippen molar-refractivity contribution in [3.8, 4) is 0 Å². The minimum atomic E-state index is -0.257. The molecule has 100 valence electrons. The van der Waals surface area contributed by atoms with Gasteiger partial charge in [0.2, 0.25) is 5.91 Å². The molecule has 0 atom stereocenters. The van der Waals surface area contributed by atoms with Crippen molar-refractivity contribution >= 4 is 22.4 Å². The van der Waals surface area contributed by atoms with Crippen molar-refractivity contribution in [2.45, 2.75) is 6.54 Å². The lowest BCUT2D eigenvalue weighted by Gasteiger charge is -2.15. The van der Waals surface area contributed by atoms with Crippen LogP contribution in [-0.4, -0.2) is 29.4 Å². The van der Waals surface area contributed by atoms with Crippen molar-refractivity contribution in [2.75, 3.05) is 18.9 Å². The molecule has 19 heavy (non-hydrogen) atoms. The molecule has 0 spiro atoms. The van der Waals surface area contributed by atoms with E-state index in [1.165, 1.54) is 23.5 Å².